The standard InChI is InChI=1S/C42H25BO8/c43-36-33(34-35(38(46)40(36)48)39(47)42(50)41(49)37(34)45)32-24-9-3-1-7-22(24)30(23-8-2-4-10-25(23)32)27-17-20(19-13-15-21(44)16-14-19)18-29-31(27)26-11-5-6-12-28(26)51-29/h1-18,44-50H. The van der Waals surface area contributed by atoms with Gasteiger partial charge in [-0.3, -0.25) is 0 Å². The van der Waals surface area contributed by atoms with Crippen molar-refractivity contribution in [2.24, 2.45) is 0 Å². The summed E-state index contributed by atoms with van der Waals surface area (Å²) in [4.78, 5) is 0. The van der Waals surface area contributed by atoms with Crippen LogP contribution in [0.5, 0.6) is 40.2 Å². The number of para-hydroxylation sites is 1. The number of phenolic OH excluding ortho intramolecular Hbond substituents is 7. The molecule has 0 amide bonds. The minimum Gasteiger partial charge on any atom is -0.508 e. The van der Waals surface area contributed by atoms with Gasteiger partial charge in [0.1, 0.15) is 24.8 Å². The van der Waals surface area contributed by atoms with Gasteiger partial charge in [0.25, 0.3) is 0 Å². The van der Waals surface area contributed by atoms with E-state index < -0.39 is 39.9 Å². The van der Waals surface area contributed by atoms with Crippen LogP contribution in [-0.2, 0) is 0 Å². The van der Waals surface area contributed by atoms with Crippen molar-refractivity contribution in [2.75, 3.05) is 0 Å². The highest BCUT2D eigenvalue weighted by Gasteiger charge is 2.30. The predicted octanol–water partition coefficient (Wildman–Crippen LogP) is 8.78. The van der Waals surface area contributed by atoms with E-state index in [0.29, 0.717) is 27.5 Å². The number of rotatable bonds is 3. The first-order valence-electron chi connectivity index (χ1n) is 16.0. The monoisotopic (exact) mass is 668 g/mol. The molecule has 0 unspecified atom stereocenters. The molecule has 9 rings (SSSR count). The lowest BCUT2D eigenvalue weighted by Crippen LogP contribution is -2.10. The van der Waals surface area contributed by atoms with Crippen LogP contribution in [0.2, 0.25) is 0 Å². The first-order chi connectivity index (χ1) is 24.7. The fraction of sp³-hybridized carbons (Fsp3) is 0. The van der Waals surface area contributed by atoms with Crippen LogP contribution in [0.15, 0.2) is 114 Å². The molecule has 8 aromatic carbocycles. The molecule has 0 saturated heterocycles. The van der Waals surface area contributed by atoms with Crippen molar-refractivity contribution in [3.05, 3.63) is 109 Å². The molecule has 244 valence electrons. The summed E-state index contributed by atoms with van der Waals surface area (Å²) in [5.41, 5.74) is 4.92. The van der Waals surface area contributed by atoms with Gasteiger partial charge in [0.05, 0.1) is 5.39 Å². The van der Waals surface area contributed by atoms with Gasteiger partial charge < -0.3 is 40.2 Å². The summed E-state index contributed by atoms with van der Waals surface area (Å²) in [6.07, 6.45) is 0. The number of benzene rings is 8. The van der Waals surface area contributed by atoms with E-state index in [0.717, 1.165) is 43.8 Å². The average Bonchev–Trinajstić information content (AvgIpc) is 3.53. The summed E-state index contributed by atoms with van der Waals surface area (Å²) in [6.45, 7) is 0. The molecule has 7 N–H and O–H groups in total. The van der Waals surface area contributed by atoms with Crippen molar-refractivity contribution < 1.29 is 40.2 Å². The van der Waals surface area contributed by atoms with E-state index in [2.05, 4.69) is 6.07 Å². The Morgan fingerprint density at radius 3 is 1.51 bits per heavy atom. The fourth-order valence-electron chi connectivity index (χ4n) is 7.49. The highest BCUT2D eigenvalue weighted by atomic mass is 16.3. The molecule has 1 heterocycles. The van der Waals surface area contributed by atoms with Crippen LogP contribution >= 0.6 is 0 Å². The third-order valence-corrected chi connectivity index (χ3v) is 9.76. The van der Waals surface area contributed by atoms with E-state index in [1.54, 1.807) is 12.1 Å². The first kappa shape index (κ1) is 30.1. The normalized spacial score (nSPS) is 11.8. The molecule has 0 spiro atoms. The Morgan fingerprint density at radius 1 is 0.392 bits per heavy atom. The van der Waals surface area contributed by atoms with E-state index in [4.69, 9.17) is 12.3 Å². The van der Waals surface area contributed by atoms with Gasteiger partial charge in [-0.1, -0.05) is 78.9 Å². The van der Waals surface area contributed by atoms with Gasteiger partial charge in [-0.15, -0.1) is 0 Å². The average molecular weight is 668 g/mol. The van der Waals surface area contributed by atoms with Crippen molar-refractivity contribution in [2.45, 2.75) is 0 Å². The molecular formula is C42H25BO8. The predicted molar refractivity (Wildman–Crippen MR) is 200 cm³/mol. The lowest BCUT2D eigenvalue weighted by atomic mass is 9.77. The van der Waals surface area contributed by atoms with Crippen LogP contribution in [0.4, 0.5) is 0 Å². The lowest BCUT2D eigenvalue weighted by Gasteiger charge is -2.23. The van der Waals surface area contributed by atoms with Crippen molar-refractivity contribution in [1.29, 1.82) is 0 Å². The van der Waals surface area contributed by atoms with Crippen LogP contribution in [0.1, 0.15) is 0 Å². The van der Waals surface area contributed by atoms with Gasteiger partial charge >= 0.3 is 0 Å². The molecule has 1 aromatic heterocycles. The SMILES string of the molecule is [B]c1c(O)c(O)c2c(O)c(O)c(O)c(O)c2c1-c1c2ccccc2c(-c2cc(-c3ccc(O)cc3)cc3oc4ccccc4c23)c2ccccc12. The minimum atomic E-state index is -1.07. The Bertz CT molecular complexity index is 2880. The molecule has 0 fully saturated rings. The van der Waals surface area contributed by atoms with E-state index in [1.165, 1.54) is 0 Å². The van der Waals surface area contributed by atoms with Crippen LogP contribution in [0, 0.1) is 0 Å². The van der Waals surface area contributed by atoms with Gasteiger partial charge in [0, 0.05) is 16.2 Å². The number of phenols is 7. The molecule has 0 atom stereocenters. The maximum Gasteiger partial charge on any atom is 0.205 e. The number of hydrogen-bond acceptors (Lipinski definition) is 8. The topological polar surface area (TPSA) is 155 Å². The van der Waals surface area contributed by atoms with Crippen molar-refractivity contribution >= 4 is 67.6 Å². The van der Waals surface area contributed by atoms with Crippen molar-refractivity contribution in [1.82, 2.24) is 0 Å². The summed E-state index contributed by atoms with van der Waals surface area (Å²) in [5.74, 6) is -5.38. The zero-order valence-electron chi connectivity index (χ0n) is 26.5. The molecular weight excluding hydrogens is 643 g/mol. The van der Waals surface area contributed by atoms with Gasteiger partial charge in [0.15, 0.2) is 23.0 Å². The maximum atomic E-state index is 11.3. The zero-order valence-corrected chi connectivity index (χ0v) is 26.5. The molecule has 0 aliphatic heterocycles. The second-order valence-corrected chi connectivity index (χ2v) is 12.5. The van der Waals surface area contributed by atoms with Gasteiger partial charge in [-0.2, -0.15) is 0 Å². The first-order valence-corrected chi connectivity index (χ1v) is 16.0. The lowest BCUT2D eigenvalue weighted by molar-refractivity contribution is 0.349. The quantitative estimate of drug-likeness (QED) is 0.0427. The molecule has 9 aromatic rings. The Kier molecular flexibility index (Phi) is 6.34. The van der Waals surface area contributed by atoms with Gasteiger partial charge in [-0.25, -0.2) is 0 Å². The number of aromatic hydroxyl groups is 7. The van der Waals surface area contributed by atoms with E-state index >= 15 is 0 Å². The molecule has 9 heteroatoms. The van der Waals surface area contributed by atoms with E-state index in [9.17, 15) is 35.7 Å². The Hall–Kier alpha value is -7.00. The molecule has 8 nitrogen and oxygen atoms in total. The van der Waals surface area contributed by atoms with Crippen molar-refractivity contribution in [3.8, 4) is 73.6 Å². The highest BCUT2D eigenvalue weighted by Crippen LogP contribution is 2.57. The fourth-order valence-corrected chi connectivity index (χ4v) is 7.49. The van der Waals surface area contributed by atoms with Gasteiger partial charge in [-0.05, 0) is 90.7 Å². The van der Waals surface area contributed by atoms with E-state index in [-0.39, 0.29) is 22.2 Å². The van der Waals surface area contributed by atoms with E-state index in [1.807, 2.05) is 91.0 Å². The van der Waals surface area contributed by atoms with Crippen LogP contribution in [0.25, 0.3) is 87.6 Å². The second-order valence-electron chi connectivity index (χ2n) is 12.5. The summed E-state index contributed by atoms with van der Waals surface area (Å²) in [7, 11) is 6.56. The van der Waals surface area contributed by atoms with Crippen LogP contribution in [-0.4, -0.2) is 43.6 Å². The van der Waals surface area contributed by atoms with Crippen molar-refractivity contribution in [3.63, 3.8) is 0 Å². The van der Waals surface area contributed by atoms with Crippen LogP contribution < -0.4 is 5.46 Å². The maximum absolute atomic E-state index is 11.3. The molecule has 51 heavy (non-hydrogen) atoms. The third kappa shape index (κ3) is 4.15. The molecule has 0 aliphatic carbocycles. The number of hydrogen-bond donors (Lipinski definition) is 7. The summed E-state index contributed by atoms with van der Waals surface area (Å²) in [5, 5.41) is 79.1. The van der Waals surface area contributed by atoms with Crippen LogP contribution in [0.3, 0.4) is 0 Å². The molecule has 0 bridgehead atoms. The zero-order chi connectivity index (χ0) is 35.3. The Morgan fingerprint density at radius 2 is 0.902 bits per heavy atom. The molecule has 0 saturated carbocycles. The minimum absolute atomic E-state index is 0.0269. The Labute approximate surface area is 290 Å². The summed E-state index contributed by atoms with van der Waals surface area (Å²) < 4.78 is 6.44. The van der Waals surface area contributed by atoms with Gasteiger partial charge in [0.2, 0.25) is 11.5 Å². The summed E-state index contributed by atoms with van der Waals surface area (Å²) >= 11 is 0. The number of fused-ring (bicyclic) bond motifs is 6. The molecule has 2 radical (unpaired) electrons. The highest BCUT2D eigenvalue weighted by molar-refractivity contribution is 6.43. The second kappa shape index (κ2) is 10.8. The largest absolute Gasteiger partial charge is 0.508 e. The molecule has 0 aliphatic rings. The number of furan rings is 1. The Balaban J connectivity index is 1.50. The smallest absolute Gasteiger partial charge is 0.205 e. The summed E-state index contributed by atoms with van der Waals surface area (Å²) in [6, 6.07) is 33.9. The third-order valence-electron chi connectivity index (χ3n) is 9.76.